The zero-order valence-corrected chi connectivity index (χ0v) is 19.6. The van der Waals surface area contributed by atoms with E-state index in [0.717, 1.165) is 12.0 Å². The summed E-state index contributed by atoms with van der Waals surface area (Å²) < 4.78 is 10.8. The molecule has 4 aliphatic heterocycles. The maximum Gasteiger partial charge on any atom is 0.303 e. The van der Waals surface area contributed by atoms with Crippen LogP contribution in [-0.2, 0) is 37.7 Å². The van der Waals surface area contributed by atoms with Gasteiger partial charge in [-0.3, -0.25) is 29.4 Å². The Balaban J connectivity index is 1.41. The van der Waals surface area contributed by atoms with Crippen LogP contribution in [0.2, 0.25) is 0 Å². The van der Waals surface area contributed by atoms with Crippen LogP contribution in [0.3, 0.4) is 0 Å². The van der Waals surface area contributed by atoms with Crippen molar-refractivity contribution in [1.29, 1.82) is 0 Å². The molecule has 2 fully saturated rings. The molecule has 2 aromatic rings. The lowest BCUT2D eigenvalue weighted by atomic mass is 9.76. The van der Waals surface area contributed by atoms with Crippen molar-refractivity contribution in [1.82, 2.24) is 10.2 Å². The van der Waals surface area contributed by atoms with Crippen molar-refractivity contribution < 1.29 is 33.8 Å². The number of aryl methyl sites for hydroxylation is 1. The average molecular weight is 492 g/mol. The molecule has 6 rings (SSSR count). The highest BCUT2D eigenvalue weighted by atomic mass is 16.7. The van der Waals surface area contributed by atoms with Gasteiger partial charge in [0, 0.05) is 23.7 Å². The molecule has 10 heteroatoms. The number of carboxylic acids is 1. The molecule has 2 aromatic carbocycles. The Labute approximate surface area is 206 Å². The van der Waals surface area contributed by atoms with Crippen LogP contribution in [0.25, 0.3) is 0 Å². The number of amides is 3. The van der Waals surface area contributed by atoms with E-state index in [9.17, 15) is 24.3 Å². The van der Waals surface area contributed by atoms with Gasteiger partial charge in [0.25, 0.3) is 0 Å². The van der Waals surface area contributed by atoms with Crippen LogP contribution in [-0.4, -0.2) is 46.5 Å². The summed E-state index contributed by atoms with van der Waals surface area (Å²) in [6.07, 6.45) is 0.659. The lowest BCUT2D eigenvalue weighted by Gasteiger charge is -2.29. The predicted octanol–water partition coefficient (Wildman–Crippen LogP) is 1.76. The highest BCUT2D eigenvalue weighted by Crippen LogP contribution is 2.54. The van der Waals surface area contributed by atoms with Gasteiger partial charge in [-0.2, -0.15) is 0 Å². The van der Waals surface area contributed by atoms with E-state index in [0.29, 0.717) is 28.3 Å². The Kier molecular flexibility index (Phi) is 5.04. The number of carboxylic acid groups (broad SMARTS) is 1. The fourth-order valence-electron chi connectivity index (χ4n) is 6.03. The van der Waals surface area contributed by atoms with Crippen LogP contribution >= 0.6 is 0 Å². The van der Waals surface area contributed by atoms with Crippen molar-refractivity contribution in [2.24, 2.45) is 11.8 Å². The predicted molar refractivity (Wildman–Crippen MR) is 125 cm³/mol. The number of rotatable bonds is 6. The highest BCUT2D eigenvalue weighted by Gasteiger charge is 2.70. The van der Waals surface area contributed by atoms with E-state index in [4.69, 9.17) is 9.47 Å². The number of ether oxygens (including phenoxy) is 2. The Morgan fingerprint density at radius 1 is 1.08 bits per heavy atom. The van der Waals surface area contributed by atoms with Crippen molar-refractivity contribution in [3.8, 4) is 11.5 Å². The minimum atomic E-state index is -1.44. The van der Waals surface area contributed by atoms with Gasteiger partial charge in [-0.1, -0.05) is 25.1 Å². The van der Waals surface area contributed by atoms with Crippen LogP contribution in [0.5, 0.6) is 11.5 Å². The molecule has 10 nitrogen and oxygen atoms in total. The number of nitrogens with one attached hydrogen (secondary N) is 2. The molecule has 0 bridgehead atoms. The molecule has 0 unspecified atom stereocenters. The Bertz CT molecular complexity index is 1320. The second kappa shape index (κ2) is 8.06. The molecule has 1 spiro atoms. The molecule has 4 atom stereocenters. The van der Waals surface area contributed by atoms with Gasteiger partial charge in [0.1, 0.15) is 5.54 Å². The van der Waals surface area contributed by atoms with Crippen molar-refractivity contribution in [3.05, 3.63) is 53.1 Å². The second-order valence-electron chi connectivity index (χ2n) is 9.63. The van der Waals surface area contributed by atoms with Gasteiger partial charge < -0.3 is 19.9 Å². The van der Waals surface area contributed by atoms with Crippen LogP contribution in [0.4, 0.5) is 5.69 Å². The first-order chi connectivity index (χ1) is 17.3. The summed E-state index contributed by atoms with van der Waals surface area (Å²) in [7, 11) is 0. The summed E-state index contributed by atoms with van der Waals surface area (Å²) in [5.41, 5.74) is 1.47. The molecule has 0 aliphatic carbocycles. The first kappa shape index (κ1) is 22.5. The fourth-order valence-corrected chi connectivity index (χ4v) is 6.03. The van der Waals surface area contributed by atoms with Gasteiger partial charge in [-0.25, -0.2) is 0 Å². The molecule has 3 amide bonds. The van der Waals surface area contributed by atoms with E-state index in [1.54, 1.807) is 18.2 Å². The summed E-state index contributed by atoms with van der Waals surface area (Å²) in [5.74, 6) is -2.96. The summed E-state index contributed by atoms with van der Waals surface area (Å²) >= 11 is 0. The van der Waals surface area contributed by atoms with Crippen molar-refractivity contribution in [3.63, 3.8) is 0 Å². The fraction of sp³-hybridized carbons (Fsp3) is 0.385. The van der Waals surface area contributed by atoms with Crippen LogP contribution < -0.4 is 20.1 Å². The largest absolute Gasteiger partial charge is 0.481 e. The van der Waals surface area contributed by atoms with Crippen molar-refractivity contribution in [2.45, 2.75) is 44.3 Å². The maximum absolute atomic E-state index is 13.9. The van der Waals surface area contributed by atoms with E-state index >= 15 is 0 Å². The SMILES string of the molecule is CCc1ccc2c(c1)[C@]1(N[C@@H](CCC(=O)O)[C@H]3C(=O)N(Cc4ccc5c(c4)OCO5)C(=O)[C@H]31)C(=O)N2. The first-order valence-corrected chi connectivity index (χ1v) is 12.0. The Morgan fingerprint density at radius 3 is 2.64 bits per heavy atom. The van der Waals surface area contributed by atoms with Gasteiger partial charge in [0.2, 0.25) is 24.5 Å². The molecule has 4 heterocycles. The minimum Gasteiger partial charge on any atom is -0.481 e. The minimum absolute atomic E-state index is 0.0204. The third-order valence-electron chi connectivity index (χ3n) is 7.73. The third-order valence-corrected chi connectivity index (χ3v) is 7.73. The number of carbonyl (C=O) groups excluding carboxylic acids is 3. The lowest BCUT2D eigenvalue weighted by Crippen LogP contribution is -2.53. The Hall–Kier alpha value is -3.92. The molecule has 36 heavy (non-hydrogen) atoms. The van der Waals surface area contributed by atoms with E-state index < -0.39 is 47.1 Å². The average Bonchev–Trinajstić information content (AvgIpc) is 3.59. The highest BCUT2D eigenvalue weighted by molar-refractivity contribution is 6.15. The number of imide groups is 1. The van der Waals surface area contributed by atoms with E-state index in [1.165, 1.54) is 4.90 Å². The first-order valence-electron chi connectivity index (χ1n) is 12.0. The number of nitrogens with zero attached hydrogens (tertiary/aromatic N) is 1. The number of benzene rings is 2. The molecule has 3 N–H and O–H groups in total. The number of anilines is 1. The molecule has 4 aliphatic rings. The molecule has 0 aromatic heterocycles. The topological polar surface area (TPSA) is 134 Å². The summed E-state index contributed by atoms with van der Waals surface area (Å²) in [5, 5.41) is 15.5. The van der Waals surface area contributed by atoms with Gasteiger partial charge in [-0.05, 0) is 42.2 Å². The summed E-state index contributed by atoms with van der Waals surface area (Å²) in [4.78, 5) is 53.7. The summed E-state index contributed by atoms with van der Waals surface area (Å²) in [6.45, 7) is 2.13. The van der Waals surface area contributed by atoms with E-state index in [-0.39, 0.29) is 26.2 Å². The zero-order valence-electron chi connectivity index (χ0n) is 19.6. The van der Waals surface area contributed by atoms with Gasteiger partial charge >= 0.3 is 5.97 Å². The molecular formula is C26H25N3O7. The number of hydrogen-bond acceptors (Lipinski definition) is 7. The number of likely N-dealkylation sites (tertiary alicyclic amines) is 1. The van der Waals surface area contributed by atoms with Crippen molar-refractivity contribution in [2.75, 3.05) is 12.1 Å². The van der Waals surface area contributed by atoms with Crippen LogP contribution in [0.15, 0.2) is 36.4 Å². The smallest absolute Gasteiger partial charge is 0.303 e. The molecule has 2 saturated heterocycles. The lowest BCUT2D eigenvalue weighted by molar-refractivity contribution is -0.144. The quantitative estimate of drug-likeness (QED) is 0.521. The molecule has 0 radical (unpaired) electrons. The van der Waals surface area contributed by atoms with E-state index in [2.05, 4.69) is 10.6 Å². The van der Waals surface area contributed by atoms with Crippen LogP contribution in [0, 0.1) is 11.8 Å². The van der Waals surface area contributed by atoms with Crippen molar-refractivity contribution >= 4 is 29.4 Å². The maximum atomic E-state index is 13.9. The molecule has 186 valence electrons. The monoisotopic (exact) mass is 491 g/mol. The second-order valence-corrected chi connectivity index (χ2v) is 9.63. The number of hydrogen-bond donors (Lipinski definition) is 3. The number of aliphatic carboxylic acids is 1. The third kappa shape index (κ3) is 3.13. The Morgan fingerprint density at radius 2 is 1.86 bits per heavy atom. The molecule has 0 saturated carbocycles. The van der Waals surface area contributed by atoms with E-state index in [1.807, 2.05) is 25.1 Å². The molecular weight excluding hydrogens is 466 g/mol. The summed E-state index contributed by atoms with van der Waals surface area (Å²) in [6, 6.07) is 10.2. The zero-order chi connectivity index (χ0) is 25.2. The number of carbonyl (C=O) groups is 4. The van der Waals surface area contributed by atoms with Crippen LogP contribution in [0.1, 0.15) is 36.5 Å². The number of fused-ring (bicyclic) bond motifs is 5. The standard InChI is InChI=1S/C26H25N3O7/c1-2-13-3-5-16-15(9-13)26(25(34)27-16)22-21(17(28-26)6-8-20(30)31)23(32)29(24(22)33)11-14-4-7-18-19(10-14)36-12-35-18/h3-5,7,9-10,17,21-22,28H,2,6,8,11-12H2,1H3,(H,27,34)(H,30,31)/t17-,21+,22-,26+/m0/s1. The normalized spacial score (nSPS) is 27.5. The van der Waals surface area contributed by atoms with Gasteiger partial charge in [0.15, 0.2) is 11.5 Å². The van der Waals surface area contributed by atoms with Gasteiger partial charge in [-0.15, -0.1) is 0 Å². The van der Waals surface area contributed by atoms with Gasteiger partial charge in [0.05, 0.1) is 18.4 Å².